The Bertz CT molecular complexity index is 1420. The Labute approximate surface area is 245 Å². The van der Waals surface area contributed by atoms with E-state index in [4.69, 9.17) is 20.4 Å². The van der Waals surface area contributed by atoms with Crippen molar-refractivity contribution >= 4 is 40.1 Å². The van der Waals surface area contributed by atoms with Crippen LogP contribution in [0.15, 0.2) is 54.9 Å². The minimum atomic E-state index is -2.27. The van der Waals surface area contributed by atoms with Gasteiger partial charge >= 0.3 is 11.9 Å². The fraction of sp³-hybridized carbons (Fsp3) is 0.310. The molecule has 0 saturated carbocycles. The van der Waals surface area contributed by atoms with Crippen molar-refractivity contribution in [2.75, 3.05) is 11.9 Å². The molecule has 0 saturated heterocycles. The van der Waals surface area contributed by atoms with Crippen LogP contribution >= 0.6 is 11.3 Å². The Morgan fingerprint density at radius 2 is 1.62 bits per heavy atom. The van der Waals surface area contributed by atoms with Gasteiger partial charge < -0.3 is 30.6 Å². The summed E-state index contributed by atoms with van der Waals surface area (Å²) in [5.41, 5.74) is 3.66. The van der Waals surface area contributed by atoms with Gasteiger partial charge in [0, 0.05) is 36.7 Å². The predicted molar refractivity (Wildman–Crippen MR) is 151 cm³/mol. The lowest BCUT2D eigenvalue weighted by Gasteiger charge is -2.27. The third-order valence-electron chi connectivity index (χ3n) is 6.41. The molecule has 0 fully saturated rings. The lowest BCUT2D eigenvalue weighted by Crippen LogP contribution is -2.39. The highest BCUT2D eigenvalue weighted by molar-refractivity contribution is 7.16. The van der Waals surface area contributed by atoms with Crippen LogP contribution in [0.3, 0.4) is 0 Å². The van der Waals surface area contributed by atoms with Gasteiger partial charge in [0.1, 0.15) is 11.1 Å². The Morgan fingerprint density at radius 3 is 2.21 bits per heavy atom. The van der Waals surface area contributed by atoms with Crippen molar-refractivity contribution in [3.8, 4) is 6.07 Å². The fourth-order valence-corrected chi connectivity index (χ4v) is 5.37. The number of nitriles is 1. The van der Waals surface area contributed by atoms with E-state index in [1.807, 2.05) is 47.4 Å². The monoisotopic (exact) mass is 594 g/mol. The van der Waals surface area contributed by atoms with Crippen molar-refractivity contribution in [3.05, 3.63) is 82.0 Å². The summed E-state index contributed by atoms with van der Waals surface area (Å²) in [7, 11) is 0. The van der Waals surface area contributed by atoms with Gasteiger partial charge in [-0.1, -0.05) is 36.4 Å². The van der Waals surface area contributed by atoms with E-state index in [-0.39, 0.29) is 11.8 Å². The average molecular weight is 595 g/mol. The molecular weight excluding hydrogens is 564 g/mol. The smallest absolute Gasteiger partial charge is 0.335 e. The van der Waals surface area contributed by atoms with E-state index < -0.39 is 24.1 Å². The maximum absolute atomic E-state index is 12.7. The number of carboxylic acids is 2. The SMILES string of the molecule is N#Cc1c(NC(=O)CCc2ccccc2)sc2c1CCN(C(=O)CCc1cccnc1)C2.O=C(O)C(O)C(O)C(=O)O. The maximum Gasteiger partial charge on any atom is 0.335 e. The van der Waals surface area contributed by atoms with Gasteiger partial charge in [0.2, 0.25) is 11.8 Å². The highest BCUT2D eigenvalue weighted by Gasteiger charge is 2.29. The van der Waals surface area contributed by atoms with Crippen molar-refractivity contribution < 1.29 is 39.6 Å². The zero-order valence-corrected chi connectivity index (χ0v) is 23.3. The van der Waals surface area contributed by atoms with Gasteiger partial charge in [0.05, 0.1) is 12.1 Å². The summed E-state index contributed by atoms with van der Waals surface area (Å²) in [6.07, 6.45) is 1.71. The second kappa shape index (κ2) is 15.4. The summed E-state index contributed by atoms with van der Waals surface area (Å²) in [6, 6.07) is 16.0. The molecule has 0 radical (unpaired) electrons. The number of aliphatic hydroxyl groups is 2. The quantitative estimate of drug-likeness (QED) is 0.231. The number of carboxylic acid groups (broad SMARTS) is 2. The molecule has 1 aliphatic heterocycles. The molecule has 2 atom stereocenters. The highest BCUT2D eigenvalue weighted by Crippen LogP contribution is 2.37. The van der Waals surface area contributed by atoms with E-state index in [0.29, 0.717) is 55.8 Å². The van der Waals surface area contributed by atoms with Crippen LogP contribution < -0.4 is 5.32 Å². The number of hydrogen-bond acceptors (Lipinski definition) is 9. The standard InChI is InChI=1S/C25H24N4O2S.C4H6O6/c26-15-21-20-12-14-29(24(31)11-9-19-7-4-13-27-16-19)17-22(20)32-25(21)28-23(30)10-8-18-5-2-1-3-6-18;5-1(3(7)8)2(6)4(9)10/h1-7,13,16H,8-12,14,17H2,(H,28,30);1-2,5-6H,(H,7,8)(H,9,10). The van der Waals surface area contributed by atoms with E-state index in [9.17, 15) is 24.4 Å². The number of hydrogen-bond donors (Lipinski definition) is 5. The van der Waals surface area contributed by atoms with Crippen LogP contribution in [0, 0.1) is 11.3 Å². The number of amides is 2. The number of nitrogens with one attached hydrogen (secondary N) is 1. The second-order valence-electron chi connectivity index (χ2n) is 9.35. The summed E-state index contributed by atoms with van der Waals surface area (Å²) in [4.78, 5) is 51.7. The van der Waals surface area contributed by atoms with Crippen molar-refractivity contribution in [2.24, 2.45) is 0 Å². The minimum absolute atomic E-state index is 0.0971. The summed E-state index contributed by atoms with van der Waals surface area (Å²) >= 11 is 1.41. The van der Waals surface area contributed by atoms with Gasteiger partial charge in [-0.3, -0.25) is 14.6 Å². The number of rotatable bonds is 10. The first-order valence-corrected chi connectivity index (χ1v) is 13.8. The number of fused-ring (bicyclic) bond motifs is 1. The van der Waals surface area contributed by atoms with E-state index >= 15 is 0 Å². The normalized spacial score (nSPS) is 13.4. The molecular formula is C29H30N4O8S. The summed E-state index contributed by atoms with van der Waals surface area (Å²) in [5.74, 6) is -3.54. The Hall–Kier alpha value is -4.64. The van der Waals surface area contributed by atoms with Crippen LogP contribution in [0.5, 0.6) is 0 Å². The molecule has 42 heavy (non-hydrogen) atoms. The number of carbonyl (C=O) groups is 4. The van der Waals surface area contributed by atoms with E-state index in [2.05, 4.69) is 16.4 Å². The molecule has 220 valence electrons. The molecule has 3 heterocycles. The molecule has 5 N–H and O–H groups in total. The van der Waals surface area contributed by atoms with Crippen molar-refractivity contribution in [1.29, 1.82) is 5.26 Å². The summed E-state index contributed by atoms with van der Waals surface area (Å²) in [5, 5.41) is 45.7. The minimum Gasteiger partial charge on any atom is -0.479 e. The molecule has 2 amide bonds. The molecule has 0 aliphatic carbocycles. The van der Waals surface area contributed by atoms with Crippen LogP contribution in [0.2, 0.25) is 0 Å². The highest BCUT2D eigenvalue weighted by atomic mass is 32.1. The first-order chi connectivity index (χ1) is 20.1. The zero-order valence-electron chi connectivity index (χ0n) is 22.5. The lowest BCUT2D eigenvalue weighted by molar-refractivity contribution is -0.165. The van der Waals surface area contributed by atoms with Gasteiger partial charge in [0.15, 0.2) is 12.2 Å². The maximum atomic E-state index is 12.7. The summed E-state index contributed by atoms with van der Waals surface area (Å²) < 4.78 is 0. The largest absolute Gasteiger partial charge is 0.479 e. The molecule has 0 bridgehead atoms. The third kappa shape index (κ3) is 8.93. The third-order valence-corrected chi connectivity index (χ3v) is 7.55. The van der Waals surface area contributed by atoms with Crippen LogP contribution in [-0.4, -0.2) is 72.8 Å². The van der Waals surface area contributed by atoms with Gasteiger partial charge in [-0.25, -0.2) is 9.59 Å². The molecule has 3 aromatic rings. The molecule has 4 rings (SSSR count). The van der Waals surface area contributed by atoms with Crippen LogP contribution in [0.4, 0.5) is 5.00 Å². The number of carbonyl (C=O) groups excluding carboxylic acids is 2. The van der Waals surface area contributed by atoms with E-state index in [1.165, 1.54) is 11.3 Å². The molecule has 2 unspecified atom stereocenters. The molecule has 0 spiro atoms. The number of aliphatic carboxylic acids is 2. The van der Waals surface area contributed by atoms with Crippen molar-refractivity contribution in [2.45, 2.75) is 50.9 Å². The van der Waals surface area contributed by atoms with Gasteiger partial charge in [0.25, 0.3) is 0 Å². The van der Waals surface area contributed by atoms with Crippen molar-refractivity contribution in [3.63, 3.8) is 0 Å². The number of aryl methyl sites for hydroxylation is 2. The first kappa shape index (κ1) is 31.9. The number of thiophene rings is 1. The first-order valence-electron chi connectivity index (χ1n) is 13.0. The van der Waals surface area contributed by atoms with Crippen LogP contribution in [0.1, 0.15) is 40.0 Å². The Kier molecular flexibility index (Phi) is 11.7. The summed E-state index contributed by atoms with van der Waals surface area (Å²) in [6.45, 7) is 1.08. The number of nitrogens with zero attached hydrogens (tertiary/aromatic N) is 3. The van der Waals surface area contributed by atoms with Crippen LogP contribution in [0.25, 0.3) is 0 Å². The molecule has 12 nitrogen and oxygen atoms in total. The molecule has 2 aromatic heterocycles. The van der Waals surface area contributed by atoms with Gasteiger partial charge in [-0.2, -0.15) is 5.26 Å². The lowest BCUT2D eigenvalue weighted by atomic mass is 10.0. The number of benzene rings is 1. The van der Waals surface area contributed by atoms with Gasteiger partial charge in [-0.05, 0) is 42.0 Å². The zero-order chi connectivity index (χ0) is 30.6. The number of pyridine rings is 1. The molecule has 13 heteroatoms. The van der Waals surface area contributed by atoms with Crippen molar-refractivity contribution in [1.82, 2.24) is 9.88 Å². The van der Waals surface area contributed by atoms with Gasteiger partial charge in [-0.15, -0.1) is 11.3 Å². The Morgan fingerprint density at radius 1 is 0.976 bits per heavy atom. The molecule has 1 aromatic carbocycles. The second-order valence-corrected chi connectivity index (χ2v) is 10.5. The predicted octanol–water partition coefficient (Wildman–Crippen LogP) is 1.98. The Balaban J connectivity index is 0.000000416. The average Bonchev–Trinajstić information content (AvgIpc) is 3.35. The fourth-order valence-electron chi connectivity index (χ4n) is 4.14. The number of anilines is 1. The van der Waals surface area contributed by atoms with E-state index in [1.54, 1.807) is 12.4 Å². The van der Waals surface area contributed by atoms with Crippen LogP contribution in [-0.2, 0) is 45.0 Å². The molecule has 1 aliphatic rings. The topological polar surface area (TPSA) is 201 Å². The number of aromatic nitrogens is 1. The number of aliphatic hydroxyl groups excluding tert-OH is 2. The van der Waals surface area contributed by atoms with E-state index in [0.717, 1.165) is 21.6 Å².